The van der Waals surface area contributed by atoms with Crippen molar-refractivity contribution in [3.8, 4) is 0 Å². The van der Waals surface area contributed by atoms with Gasteiger partial charge in [0.25, 0.3) is 0 Å². The maximum absolute atomic E-state index is 6.40. The van der Waals surface area contributed by atoms with Crippen LogP contribution in [-0.4, -0.2) is 4.98 Å². The summed E-state index contributed by atoms with van der Waals surface area (Å²) in [6.07, 6.45) is 0. The summed E-state index contributed by atoms with van der Waals surface area (Å²) in [4.78, 5) is 5.43. The number of nitrogens with two attached hydrogens (primary N) is 1. The Labute approximate surface area is 110 Å². The van der Waals surface area contributed by atoms with Crippen LogP contribution >= 0.6 is 11.3 Å². The highest BCUT2D eigenvalue weighted by Crippen LogP contribution is 2.30. The van der Waals surface area contributed by atoms with Crippen molar-refractivity contribution in [3.05, 3.63) is 64.1 Å². The molecule has 0 spiro atoms. The Bertz CT molecular complexity index is 682. The summed E-state index contributed by atoms with van der Waals surface area (Å²) in [7, 11) is 0. The van der Waals surface area contributed by atoms with Gasteiger partial charge in [-0.25, -0.2) is 4.98 Å². The van der Waals surface area contributed by atoms with E-state index in [2.05, 4.69) is 47.4 Å². The largest absolute Gasteiger partial charge is 0.320 e. The summed E-state index contributed by atoms with van der Waals surface area (Å²) >= 11 is 1.62. The Balaban J connectivity index is 2.18. The highest BCUT2D eigenvalue weighted by Gasteiger charge is 2.15. The van der Waals surface area contributed by atoms with Crippen molar-refractivity contribution in [3.63, 3.8) is 0 Å². The quantitative estimate of drug-likeness (QED) is 0.758. The van der Waals surface area contributed by atoms with Gasteiger partial charge in [0.05, 0.1) is 17.2 Å². The van der Waals surface area contributed by atoms with Crippen molar-refractivity contribution in [1.82, 2.24) is 4.98 Å². The highest BCUT2D eigenvalue weighted by atomic mass is 32.1. The van der Waals surface area contributed by atoms with Crippen molar-refractivity contribution in [1.29, 1.82) is 0 Å². The standard InChI is InChI=1S/C15H14N2S/c1-10-15(18-9-17-10)14(16)13-8-4-6-11-5-2-3-7-12(11)13/h2-9,14H,16H2,1H3. The summed E-state index contributed by atoms with van der Waals surface area (Å²) in [5.74, 6) is 0. The van der Waals surface area contributed by atoms with Crippen molar-refractivity contribution in [2.45, 2.75) is 13.0 Å². The molecule has 90 valence electrons. The first-order valence-corrected chi connectivity index (χ1v) is 6.78. The summed E-state index contributed by atoms with van der Waals surface area (Å²) in [6.45, 7) is 2.01. The van der Waals surface area contributed by atoms with Gasteiger partial charge in [0, 0.05) is 4.88 Å². The number of nitrogens with zero attached hydrogens (tertiary/aromatic N) is 1. The van der Waals surface area contributed by atoms with Crippen LogP contribution in [0.5, 0.6) is 0 Å². The van der Waals surface area contributed by atoms with E-state index in [1.54, 1.807) is 11.3 Å². The Morgan fingerprint density at radius 3 is 2.67 bits per heavy atom. The van der Waals surface area contributed by atoms with Crippen LogP contribution in [0.3, 0.4) is 0 Å². The van der Waals surface area contributed by atoms with E-state index in [0.29, 0.717) is 0 Å². The molecule has 1 aromatic heterocycles. The third-order valence-corrected chi connectivity index (χ3v) is 4.24. The number of fused-ring (bicyclic) bond motifs is 1. The Kier molecular flexibility index (Phi) is 2.86. The molecule has 2 N–H and O–H groups in total. The summed E-state index contributed by atoms with van der Waals surface area (Å²) in [6, 6.07) is 14.5. The van der Waals surface area contributed by atoms with Gasteiger partial charge in [0.2, 0.25) is 0 Å². The van der Waals surface area contributed by atoms with Gasteiger partial charge in [-0.2, -0.15) is 0 Å². The summed E-state index contributed by atoms with van der Waals surface area (Å²) in [5, 5.41) is 2.45. The van der Waals surface area contributed by atoms with Crippen molar-refractivity contribution in [2.75, 3.05) is 0 Å². The zero-order valence-corrected chi connectivity index (χ0v) is 10.9. The first-order valence-electron chi connectivity index (χ1n) is 5.90. The number of aryl methyl sites for hydroxylation is 1. The number of benzene rings is 2. The predicted molar refractivity (Wildman–Crippen MR) is 76.8 cm³/mol. The van der Waals surface area contributed by atoms with E-state index in [1.807, 2.05) is 12.4 Å². The number of rotatable bonds is 2. The van der Waals surface area contributed by atoms with Crippen molar-refractivity contribution >= 4 is 22.1 Å². The van der Waals surface area contributed by atoms with Gasteiger partial charge in [-0.15, -0.1) is 11.3 Å². The molecular formula is C15H14N2S. The molecule has 0 aliphatic heterocycles. The highest BCUT2D eigenvalue weighted by molar-refractivity contribution is 7.09. The third-order valence-electron chi connectivity index (χ3n) is 3.22. The maximum Gasteiger partial charge on any atom is 0.0798 e. The van der Waals surface area contributed by atoms with Gasteiger partial charge >= 0.3 is 0 Å². The minimum atomic E-state index is -0.0939. The molecule has 0 saturated heterocycles. The normalized spacial score (nSPS) is 12.8. The number of hydrogen-bond acceptors (Lipinski definition) is 3. The summed E-state index contributed by atoms with van der Waals surface area (Å²) < 4.78 is 0. The first-order chi connectivity index (χ1) is 8.77. The van der Waals surface area contributed by atoms with Crippen LogP contribution in [0, 0.1) is 6.92 Å². The second-order valence-electron chi connectivity index (χ2n) is 4.35. The van der Waals surface area contributed by atoms with Gasteiger partial charge < -0.3 is 5.73 Å². The van der Waals surface area contributed by atoms with Gasteiger partial charge in [-0.05, 0) is 23.3 Å². The maximum atomic E-state index is 6.40. The molecule has 0 aliphatic carbocycles. The first kappa shape index (κ1) is 11.4. The molecule has 0 bridgehead atoms. The van der Waals surface area contributed by atoms with Gasteiger partial charge in [0.1, 0.15) is 0 Å². The average Bonchev–Trinajstić information content (AvgIpc) is 2.83. The molecule has 3 heteroatoms. The van der Waals surface area contributed by atoms with Crippen LogP contribution in [-0.2, 0) is 0 Å². The lowest BCUT2D eigenvalue weighted by molar-refractivity contribution is 0.886. The van der Waals surface area contributed by atoms with Crippen LogP contribution in [0.2, 0.25) is 0 Å². The average molecular weight is 254 g/mol. The SMILES string of the molecule is Cc1ncsc1C(N)c1cccc2ccccc12. The fourth-order valence-electron chi connectivity index (χ4n) is 2.27. The molecule has 3 aromatic rings. The zero-order chi connectivity index (χ0) is 12.5. The van der Waals surface area contributed by atoms with E-state index in [-0.39, 0.29) is 6.04 Å². The molecule has 0 radical (unpaired) electrons. The second-order valence-corrected chi connectivity index (χ2v) is 5.23. The lowest BCUT2D eigenvalue weighted by Gasteiger charge is -2.13. The van der Waals surface area contributed by atoms with E-state index in [9.17, 15) is 0 Å². The van der Waals surface area contributed by atoms with Crippen LogP contribution in [0.25, 0.3) is 10.8 Å². The topological polar surface area (TPSA) is 38.9 Å². The van der Waals surface area contributed by atoms with Crippen LogP contribution in [0.1, 0.15) is 22.2 Å². The lowest BCUT2D eigenvalue weighted by atomic mass is 9.98. The fraction of sp³-hybridized carbons (Fsp3) is 0.133. The molecule has 3 rings (SSSR count). The van der Waals surface area contributed by atoms with Gasteiger partial charge in [-0.3, -0.25) is 0 Å². The fourth-order valence-corrected chi connectivity index (χ4v) is 3.09. The molecule has 18 heavy (non-hydrogen) atoms. The van der Waals surface area contributed by atoms with Crippen molar-refractivity contribution < 1.29 is 0 Å². The zero-order valence-electron chi connectivity index (χ0n) is 10.1. The third kappa shape index (κ3) is 1.82. The number of aromatic nitrogens is 1. The van der Waals surface area contributed by atoms with Crippen molar-refractivity contribution in [2.24, 2.45) is 5.73 Å². The minimum absolute atomic E-state index is 0.0939. The van der Waals surface area contributed by atoms with Crippen LogP contribution < -0.4 is 5.73 Å². The summed E-state index contributed by atoms with van der Waals surface area (Å²) in [5.41, 5.74) is 10.5. The molecular weight excluding hydrogens is 240 g/mol. The van der Waals surface area contributed by atoms with Crippen LogP contribution in [0.4, 0.5) is 0 Å². The van der Waals surface area contributed by atoms with Crippen LogP contribution in [0.15, 0.2) is 48.0 Å². The Morgan fingerprint density at radius 1 is 1.11 bits per heavy atom. The number of thiazole rings is 1. The molecule has 1 unspecified atom stereocenters. The molecule has 1 heterocycles. The second kappa shape index (κ2) is 4.52. The van der Waals surface area contributed by atoms with E-state index in [4.69, 9.17) is 5.73 Å². The smallest absolute Gasteiger partial charge is 0.0798 e. The van der Waals surface area contributed by atoms with E-state index in [0.717, 1.165) is 10.6 Å². The predicted octanol–water partition coefficient (Wildman–Crippen LogP) is 3.65. The minimum Gasteiger partial charge on any atom is -0.320 e. The van der Waals surface area contributed by atoms with Gasteiger partial charge in [0.15, 0.2) is 0 Å². The molecule has 2 aromatic carbocycles. The van der Waals surface area contributed by atoms with Gasteiger partial charge in [-0.1, -0.05) is 42.5 Å². The monoisotopic (exact) mass is 254 g/mol. The van der Waals surface area contributed by atoms with E-state index < -0.39 is 0 Å². The van der Waals surface area contributed by atoms with E-state index in [1.165, 1.54) is 16.3 Å². The molecule has 2 nitrogen and oxygen atoms in total. The molecule has 0 aliphatic rings. The molecule has 0 saturated carbocycles. The Morgan fingerprint density at radius 2 is 1.89 bits per heavy atom. The lowest BCUT2D eigenvalue weighted by Crippen LogP contribution is -2.12. The number of hydrogen-bond donors (Lipinski definition) is 1. The Hall–Kier alpha value is -1.71. The molecule has 1 atom stereocenters. The molecule has 0 fully saturated rings. The molecule has 0 amide bonds. The van der Waals surface area contributed by atoms with E-state index >= 15 is 0 Å².